The molecule has 2 saturated heterocycles. The topological polar surface area (TPSA) is 44.7 Å². The van der Waals surface area contributed by atoms with Crippen LogP contribution < -0.4 is 5.32 Å². The Balaban J connectivity index is 1.98. The standard InChI is InChI=1S/C16H22ClFN2O2/c17-12-1-2-13(18)14(16(12)21)15(11-3-9-22-10-4-11)20-7-5-19-6-8-20/h1-2,11,15,19,21H,3-10H2/t15-/m1/s1. The summed E-state index contributed by atoms with van der Waals surface area (Å²) in [4.78, 5) is 2.26. The molecule has 3 rings (SSSR count). The van der Waals surface area contributed by atoms with Crippen molar-refractivity contribution in [2.24, 2.45) is 5.92 Å². The summed E-state index contributed by atoms with van der Waals surface area (Å²) in [6, 6.07) is 2.62. The maximum absolute atomic E-state index is 14.5. The molecule has 0 radical (unpaired) electrons. The number of nitrogens with zero attached hydrogens (tertiary/aromatic N) is 1. The lowest BCUT2D eigenvalue weighted by atomic mass is 9.85. The van der Waals surface area contributed by atoms with Gasteiger partial charge in [0.05, 0.1) is 5.02 Å². The molecule has 1 atom stereocenters. The average Bonchev–Trinajstić information content (AvgIpc) is 2.57. The summed E-state index contributed by atoms with van der Waals surface area (Å²) < 4.78 is 19.9. The van der Waals surface area contributed by atoms with Gasteiger partial charge in [-0.2, -0.15) is 0 Å². The van der Waals surface area contributed by atoms with Crippen molar-refractivity contribution in [3.63, 3.8) is 0 Å². The van der Waals surface area contributed by atoms with E-state index < -0.39 is 0 Å². The molecule has 2 N–H and O–H groups in total. The lowest BCUT2D eigenvalue weighted by Gasteiger charge is -2.41. The molecule has 2 aliphatic heterocycles. The van der Waals surface area contributed by atoms with Crippen molar-refractivity contribution in [3.05, 3.63) is 28.5 Å². The smallest absolute Gasteiger partial charge is 0.141 e. The molecular weight excluding hydrogens is 307 g/mol. The van der Waals surface area contributed by atoms with Crippen LogP contribution in [0.3, 0.4) is 0 Å². The molecule has 2 fully saturated rings. The Morgan fingerprint density at radius 2 is 1.95 bits per heavy atom. The highest BCUT2D eigenvalue weighted by atomic mass is 35.5. The van der Waals surface area contributed by atoms with Crippen LogP contribution in [-0.4, -0.2) is 49.4 Å². The number of ether oxygens (including phenoxy) is 1. The molecule has 2 heterocycles. The van der Waals surface area contributed by atoms with Crippen LogP contribution in [0, 0.1) is 11.7 Å². The number of aromatic hydroxyl groups is 1. The monoisotopic (exact) mass is 328 g/mol. The van der Waals surface area contributed by atoms with Crippen LogP contribution in [0.4, 0.5) is 4.39 Å². The van der Waals surface area contributed by atoms with Gasteiger partial charge in [-0.3, -0.25) is 4.90 Å². The van der Waals surface area contributed by atoms with Crippen molar-refractivity contribution >= 4 is 11.6 Å². The number of halogens is 2. The summed E-state index contributed by atoms with van der Waals surface area (Å²) in [6.07, 6.45) is 1.75. The van der Waals surface area contributed by atoms with Gasteiger partial charge in [-0.05, 0) is 30.9 Å². The fourth-order valence-corrected chi connectivity index (χ4v) is 3.71. The molecule has 0 unspecified atom stereocenters. The van der Waals surface area contributed by atoms with Gasteiger partial charge in [-0.25, -0.2) is 4.39 Å². The van der Waals surface area contributed by atoms with Gasteiger partial charge in [0.15, 0.2) is 0 Å². The molecule has 0 spiro atoms. The van der Waals surface area contributed by atoms with Gasteiger partial charge < -0.3 is 15.2 Å². The summed E-state index contributed by atoms with van der Waals surface area (Å²) in [5, 5.41) is 13.9. The van der Waals surface area contributed by atoms with Gasteiger partial charge in [-0.15, -0.1) is 0 Å². The van der Waals surface area contributed by atoms with Crippen molar-refractivity contribution in [1.29, 1.82) is 0 Å². The maximum atomic E-state index is 14.5. The van der Waals surface area contributed by atoms with Crippen molar-refractivity contribution < 1.29 is 14.2 Å². The van der Waals surface area contributed by atoms with Crippen LogP contribution >= 0.6 is 11.6 Å². The third-order valence-corrected chi connectivity index (χ3v) is 4.97. The molecule has 2 aliphatic rings. The van der Waals surface area contributed by atoms with Gasteiger partial charge in [0.2, 0.25) is 0 Å². The molecule has 0 saturated carbocycles. The van der Waals surface area contributed by atoms with Crippen LogP contribution in [0.15, 0.2) is 12.1 Å². The van der Waals surface area contributed by atoms with Crippen molar-refractivity contribution in [2.75, 3.05) is 39.4 Å². The van der Waals surface area contributed by atoms with Crippen molar-refractivity contribution in [2.45, 2.75) is 18.9 Å². The van der Waals surface area contributed by atoms with E-state index in [4.69, 9.17) is 16.3 Å². The summed E-state index contributed by atoms with van der Waals surface area (Å²) in [6.45, 7) is 4.82. The second-order valence-corrected chi connectivity index (χ2v) is 6.38. The first-order chi connectivity index (χ1) is 10.7. The zero-order valence-corrected chi connectivity index (χ0v) is 13.3. The third-order valence-electron chi connectivity index (χ3n) is 4.67. The summed E-state index contributed by atoms with van der Waals surface area (Å²) >= 11 is 6.04. The first kappa shape index (κ1) is 16.0. The minimum Gasteiger partial charge on any atom is -0.506 e. The normalized spacial score (nSPS) is 22.6. The number of hydrogen-bond donors (Lipinski definition) is 2. The van der Waals surface area contributed by atoms with Gasteiger partial charge in [0.25, 0.3) is 0 Å². The van der Waals surface area contributed by atoms with E-state index in [0.29, 0.717) is 18.8 Å². The highest BCUT2D eigenvalue weighted by Crippen LogP contribution is 2.42. The van der Waals surface area contributed by atoms with Gasteiger partial charge >= 0.3 is 0 Å². The SMILES string of the molecule is Oc1c(Cl)ccc(F)c1[C@@H](C1CCOCC1)N1CCNCC1. The van der Waals surface area contributed by atoms with E-state index in [1.807, 2.05) is 0 Å². The van der Waals surface area contributed by atoms with Gasteiger partial charge in [0.1, 0.15) is 11.6 Å². The molecule has 4 nitrogen and oxygen atoms in total. The van der Waals surface area contributed by atoms with E-state index in [9.17, 15) is 9.50 Å². The Labute approximate surface area is 135 Å². The van der Waals surface area contributed by atoms with Crippen LogP contribution in [0.1, 0.15) is 24.4 Å². The summed E-state index contributed by atoms with van der Waals surface area (Å²) in [5.74, 6) is -0.223. The zero-order chi connectivity index (χ0) is 15.5. The number of phenolic OH excluding ortho intramolecular Hbond substituents is 1. The number of benzene rings is 1. The summed E-state index contributed by atoms with van der Waals surface area (Å²) in [7, 11) is 0. The van der Waals surface area contributed by atoms with Crippen LogP contribution in [0.25, 0.3) is 0 Å². The van der Waals surface area contributed by atoms with Crippen molar-refractivity contribution in [1.82, 2.24) is 10.2 Å². The maximum Gasteiger partial charge on any atom is 0.141 e. The quantitative estimate of drug-likeness (QED) is 0.895. The molecule has 22 heavy (non-hydrogen) atoms. The van der Waals surface area contributed by atoms with Gasteiger partial charge in [0, 0.05) is 51.0 Å². The average molecular weight is 329 g/mol. The van der Waals surface area contributed by atoms with Crippen LogP contribution in [-0.2, 0) is 4.74 Å². The predicted octanol–water partition coefficient (Wildman–Crippen LogP) is 2.56. The zero-order valence-electron chi connectivity index (χ0n) is 12.5. The van der Waals surface area contributed by atoms with E-state index in [0.717, 1.165) is 39.0 Å². The van der Waals surface area contributed by atoms with E-state index in [2.05, 4.69) is 10.2 Å². The highest BCUT2D eigenvalue weighted by molar-refractivity contribution is 6.32. The molecular formula is C16H22ClFN2O2. The first-order valence-electron chi connectivity index (χ1n) is 7.88. The summed E-state index contributed by atoms with van der Waals surface area (Å²) in [5.41, 5.74) is 0.348. The molecule has 6 heteroatoms. The molecule has 0 aliphatic carbocycles. The number of hydrogen-bond acceptors (Lipinski definition) is 4. The van der Waals surface area contributed by atoms with E-state index in [-0.39, 0.29) is 28.5 Å². The number of piperazine rings is 1. The Hall–Kier alpha value is -0.880. The number of phenols is 1. The Bertz CT molecular complexity index is 499. The minimum absolute atomic E-state index is 0.114. The fraction of sp³-hybridized carbons (Fsp3) is 0.625. The van der Waals surface area contributed by atoms with Crippen molar-refractivity contribution in [3.8, 4) is 5.75 Å². The third kappa shape index (κ3) is 3.23. The minimum atomic E-state index is -0.378. The fourth-order valence-electron chi connectivity index (χ4n) is 3.55. The van der Waals surface area contributed by atoms with E-state index >= 15 is 0 Å². The second-order valence-electron chi connectivity index (χ2n) is 5.97. The molecule has 122 valence electrons. The second kappa shape index (κ2) is 7.13. The lowest BCUT2D eigenvalue weighted by molar-refractivity contribution is 0.0196. The molecule has 1 aromatic rings. The van der Waals surface area contributed by atoms with Crippen LogP contribution in [0.5, 0.6) is 5.75 Å². The Kier molecular flexibility index (Phi) is 5.18. The Morgan fingerprint density at radius 1 is 1.27 bits per heavy atom. The number of rotatable bonds is 3. The molecule has 0 aromatic heterocycles. The number of nitrogens with one attached hydrogen (secondary N) is 1. The van der Waals surface area contributed by atoms with Crippen LogP contribution in [0.2, 0.25) is 5.02 Å². The molecule has 1 aromatic carbocycles. The lowest BCUT2D eigenvalue weighted by Crippen LogP contribution is -2.47. The highest BCUT2D eigenvalue weighted by Gasteiger charge is 2.35. The largest absolute Gasteiger partial charge is 0.506 e. The van der Waals surface area contributed by atoms with Gasteiger partial charge in [-0.1, -0.05) is 11.6 Å². The molecule has 0 bridgehead atoms. The van der Waals surface area contributed by atoms with E-state index in [1.54, 1.807) is 0 Å². The predicted molar refractivity (Wildman–Crippen MR) is 83.8 cm³/mol. The molecule has 0 amide bonds. The van der Waals surface area contributed by atoms with E-state index in [1.165, 1.54) is 12.1 Å². The Morgan fingerprint density at radius 3 is 2.64 bits per heavy atom. The first-order valence-corrected chi connectivity index (χ1v) is 8.25.